The fourth-order valence-electron chi connectivity index (χ4n) is 1.12. The number of aromatic nitrogens is 1. The number of nitrogens with two attached hydrogens (primary N) is 1. The number of hydrogen-bond acceptors (Lipinski definition) is 3. The zero-order valence-electron chi connectivity index (χ0n) is 8.58. The average Bonchev–Trinajstić information content (AvgIpc) is 2.64. The van der Waals surface area contributed by atoms with Crippen LogP contribution < -0.4 is 5.73 Å². The van der Waals surface area contributed by atoms with E-state index in [1.807, 2.05) is 13.0 Å². The minimum atomic E-state index is -0.00898. The van der Waals surface area contributed by atoms with Crippen molar-refractivity contribution in [2.24, 2.45) is 5.73 Å². The van der Waals surface area contributed by atoms with Gasteiger partial charge in [-0.2, -0.15) is 0 Å². The van der Waals surface area contributed by atoms with Crippen molar-refractivity contribution < 1.29 is 4.52 Å². The van der Waals surface area contributed by atoms with Gasteiger partial charge in [-0.15, -0.1) is 0 Å². The molecule has 3 nitrogen and oxygen atoms in total. The van der Waals surface area contributed by atoms with Gasteiger partial charge in [-0.1, -0.05) is 25.9 Å². The summed E-state index contributed by atoms with van der Waals surface area (Å²) in [6.45, 7) is 6.31. The van der Waals surface area contributed by atoms with Gasteiger partial charge >= 0.3 is 0 Å². The average molecular weight is 182 g/mol. The Morgan fingerprint density at radius 3 is 2.69 bits per heavy atom. The highest BCUT2D eigenvalue weighted by atomic mass is 16.5. The van der Waals surface area contributed by atoms with Crippen LogP contribution in [0.2, 0.25) is 0 Å². The fourth-order valence-corrected chi connectivity index (χ4v) is 1.12. The van der Waals surface area contributed by atoms with Crippen molar-refractivity contribution in [2.75, 3.05) is 0 Å². The molecule has 1 aromatic heterocycles. The molecule has 0 aliphatic carbocycles. The smallest absolute Gasteiger partial charge is 0.153 e. The van der Waals surface area contributed by atoms with Crippen molar-refractivity contribution in [2.45, 2.75) is 45.6 Å². The lowest BCUT2D eigenvalue weighted by atomic mass is 10.0. The van der Waals surface area contributed by atoms with Gasteiger partial charge in [-0.25, -0.2) is 0 Å². The summed E-state index contributed by atoms with van der Waals surface area (Å²) in [5.41, 5.74) is 6.83. The van der Waals surface area contributed by atoms with Crippen LogP contribution >= 0.6 is 0 Å². The molecule has 2 unspecified atom stereocenters. The second-order valence-corrected chi connectivity index (χ2v) is 3.48. The SMILES string of the molecule is CCC(C)c1cc(C(N)CC)on1. The van der Waals surface area contributed by atoms with Gasteiger partial charge in [0.05, 0.1) is 11.7 Å². The molecule has 2 N–H and O–H groups in total. The Balaban J connectivity index is 2.74. The number of nitrogens with zero attached hydrogens (tertiary/aromatic N) is 1. The van der Waals surface area contributed by atoms with Gasteiger partial charge in [0.2, 0.25) is 0 Å². The highest BCUT2D eigenvalue weighted by Crippen LogP contribution is 2.21. The van der Waals surface area contributed by atoms with Gasteiger partial charge in [-0.3, -0.25) is 0 Å². The van der Waals surface area contributed by atoms with Crippen molar-refractivity contribution in [3.8, 4) is 0 Å². The quantitative estimate of drug-likeness (QED) is 0.778. The standard InChI is InChI=1S/C10H18N2O/c1-4-7(3)9-6-10(13-12-9)8(11)5-2/h6-8H,4-5,11H2,1-3H3. The summed E-state index contributed by atoms with van der Waals surface area (Å²) < 4.78 is 5.17. The third-order valence-electron chi connectivity index (χ3n) is 2.47. The zero-order chi connectivity index (χ0) is 9.84. The minimum Gasteiger partial charge on any atom is -0.359 e. The Labute approximate surface area is 79.3 Å². The largest absolute Gasteiger partial charge is 0.359 e. The molecule has 13 heavy (non-hydrogen) atoms. The van der Waals surface area contributed by atoms with Crippen LogP contribution in [0.25, 0.3) is 0 Å². The van der Waals surface area contributed by atoms with Gasteiger partial charge in [-0.05, 0) is 12.8 Å². The fraction of sp³-hybridized carbons (Fsp3) is 0.700. The third-order valence-corrected chi connectivity index (χ3v) is 2.47. The van der Waals surface area contributed by atoms with Crippen LogP contribution in [-0.4, -0.2) is 5.16 Å². The lowest BCUT2D eigenvalue weighted by Crippen LogP contribution is -2.07. The molecular weight excluding hydrogens is 164 g/mol. The van der Waals surface area contributed by atoms with Crippen molar-refractivity contribution in [3.05, 3.63) is 17.5 Å². The molecule has 0 spiro atoms. The summed E-state index contributed by atoms with van der Waals surface area (Å²) in [6, 6.07) is 1.97. The van der Waals surface area contributed by atoms with Gasteiger partial charge in [0, 0.05) is 12.0 Å². The Kier molecular flexibility index (Phi) is 3.48. The molecule has 0 aliphatic heterocycles. The van der Waals surface area contributed by atoms with Crippen LogP contribution in [0.3, 0.4) is 0 Å². The Morgan fingerprint density at radius 2 is 2.15 bits per heavy atom. The molecule has 3 heteroatoms. The number of hydrogen-bond donors (Lipinski definition) is 1. The first-order valence-corrected chi connectivity index (χ1v) is 4.91. The first-order chi connectivity index (χ1) is 6.19. The lowest BCUT2D eigenvalue weighted by Gasteiger charge is -2.02. The van der Waals surface area contributed by atoms with Gasteiger partial charge < -0.3 is 10.3 Å². The highest BCUT2D eigenvalue weighted by molar-refractivity contribution is 5.12. The summed E-state index contributed by atoms with van der Waals surface area (Å²) >= 11 is 0. The number of rotatable bonds is 4. The molecule has 0 aliphatic rings. The Bertz CT molecular complexity index is 233. The van der Waals surface area contributed by atoms with Crippen molar-refractivity contribution >= 4 is 0 Å². The van der Waals surface area contributed by atoms with Crippen molar-refractivity contribution in [3.63, 3.8) is 0 Å². The summed E-state index contributed by atoms with van der Waals surface area (Å²) in [7, 11) is 0. The second-order valence-electron chi connectivity index (χ2n) is 3.48. The predicted octanol–water partition coefficient (Wildman–Crippen LogP) is 2.60. The van der Waals surface area contributed by atoms with E-state index in [0.717, 1.165) is 24.3 Å². The molecule has 2 atom stereocenters. The molecule has 1 heterocycles. The van der Waals surface area contributed by atoms with E-state index in [2.05, 4.69) is 19.0 Å². The van der Waals surface area contributed by atoms with Crippen LogP contribution in [0.15, 0.2) is 10.6 Å². The maximum Gasteiger partial charge on any atom is 0.153 e. The molecule has 0 radical (unpaired) electrons. The molecule has 0 aromatic carbocycles. The van der Waals surface area contributed by atoms with E-state index in [1.165, 1.54) is 0 Å². The van der Waals surface area contributed by atoms with Crippen LogP contribution in [0, 0.1) is 0 Å². The van der Waals surface area contributed by atoms with E-state index < -0.39 is 0 Å². The first kappa shape index (κ1) is 10.3. The maximum atomic E-state index is 5.82. The Morgan fingerprint density at radius 1 is 1.46 bits per heavy atom. The zero-order valence-corrected chi connectivity index (χ0v) is 8.58. The van der Waals surface area contributed by atoms with Gasteiger partial charge in [0.25, 0.3) is 0 Å². The molecular formula is C10H18N2O. The normalized spacial score (nSPS) is 15.7. The van der Waals surface area contributed by atoms with E-state index in [4.69, 9.17) is 10.3 Å². The van der Waals surface area contributed by atoms with Crippen LogP contribution in [0.5, 0.6) is 0 Å². The minimum absolute atomic E-state index is 0.00898. The maximum absolute atomic E-state index is 5.82. The molecule has 0 fully saturated rings. The summed E-state index contributed by atoms with van der Waals surface area (Å²) in [6.07, 6.45) is 1.96. The summed E-state index contributed by atoms with van der Waals surface area (Å²) in [5, 5.41) is 4.00. The molecule has 74 valence electrons. The first-order valence-electron chi connectivity index (χ1n) is 4.91. The monoisotopic (exact) mass is 182 g/mol. The summed E-state index contributed by atoms with van der Waals surface area (Å²) in [4.78, 5) is 0. The topological polar surface area (TPSA) is 52.0 Å². The van der Waals surface area contributed by atoms with Crippen LogP contribution in [0.1, 0.15) is 57.0 Å². The van der Waals surface area contributed by atoms with Crippen molar-refractivity contribution in [1.29, 1.82) is 0 Å². The van der Waals surface area contributed by atoms with E-state index in [0.29, 0.717) is 5.92 Å². The van der Waals surface area contributed by atoms with E-state index in [9.17, 15) is 0 Å². The molecule has 0 saturated carbocycles. The summed E-state index contributed by atoms with van der Waals surface area (Å²) in [5.74, 6) is 1.26. The molecule has 0 amide bonds. The van der Waals surface area contributed by atoms with Crippen LogP contribution in [0.4, 0.5) is 0 Å². The van der Waals surface area contributed by atoms with E-state index in [1.54, 1.807) is 0 Å². The Hall–Kier alpha value is -0.830. The van der Waals surface area contributed by atoms with Crippen LogP contribution in [-0.2, 0) is 0 Å². The molecule has 0 saturated heterocycles. The van der Waals surface area contributed by atoms with Gasteiger partial charge in [0.1, 0.15) is 0 Å². The molecule has 0 bridgehead atoms. The third kappa shape index (κ3) is 2.31. The second kappa shape index (κ2) is 4.42. The van der Waals surface area contributed by atoms with E-state index in [-0.39, 0.29) is 6.04 Å². The van der Waals surface area contributed by atoms with E-state index >= 15 is 0 Å². The molecule has 1 aromatic rings. The van der Waals surface area contributed by atoms with Crippen molar-refractivity contribution in [1.82, 2.24) is 5.16 Å². The van der Waals surface area contributed by atoms with Gasteiger partial charge in [0.15, 0.2) is 5.76 Å². The lowest BCUT2D eigenvalue weighted by molar-refractivity contribution is 0.351. The highest BCUT2D eigenvalue weighted by Gasteiger charge is 2.13. The predicted molar refractivity (Wildman–Crippen MR) is 52.4 cm³/mol. The molecule has 1 rings (SSSR count).